The summed E-state index contributed by atoms with van der Waals surface area (Å²) in [5.41, 5.74) is 23.5. The largest absolute Gasteiger partial charge is 0.394 e. The molecule has 0 aromatic rings. The molecule has 0 aromatic heterocycles. The van der Waals surface area contributed by atoms with Gasteiger partial charge in [0.2, 0.25) is 0 Å². The molecule has 0 aromatic carbocycles. The molecule has 3 fully saturated rings. The summed E-state index contributed by atoms with van der Waals surface area (Å²) in [7, 11) is 0. The molecular weight excluding hydrogens is 448 g/mol. The normalized spacial score (nSPS) is 53.7. The summed E-state index contributed by atoms with van der Waals surface area (Å²) >= 11 is 0. The predicted octanol–water partition coefficient (Wildman–Crippen LogP) is -7.29. The van der Waals surface area contributed by atoms with Crippen LogP contribution in [-0.2, 0) is 18.9 Å². The Kier molecular flexibility index (Phi) is 8.99. The molecule has 15 atom stereocenters. The van der Waals surface area contributed by atoms with E-state index in [0.29, 0.717) is 0 Å². The molecule has 15 N–H and O–H groups in total. The highest BCUT2D eigenvalue weighted by Gasteiger charge is 2.51. The first-order valence-corrected chi connectivity index (χ1v) is 10.8. The van der Waals surface area contributed by atoms with Crippen LogP contribution in [-0.4, -0.2) is 141 Å². The molecule has 2 saturated heterocycles. The number of ether oxygens (including phenoxy) is 4. The molecule has 2 heterocycles. The van der Waals surface area contributed by atoms with Crippen molar-refractivity contribution in [1.82, 2.24) is 0 Å². The Morgan fingerprint density at radius 1 is 0.667 bits per heavy atom. The van der Waals surface area contributed by atoms with Gasteiger partial charge in [0.1, 0.15) is 61.0 Å². The maximum atomic E-state index is 10.9. The van der Waals surface area contributed by atoms with E-state index >= 15 is 0 Å². The van der Waals surface area contributed by atoms with E-state index < -0.39 is 98.4 Å². The maximum Gasteiger partial charge on any atom is 0.187 e. The van der Waals surface area contributed by atoms with Gasteiger partial charge in [-0.25, -0.2) is 0 Å². The molecule has 3 aliphatic rings. The number of aliphatic hydroxyl groups is 7. The standard InChI is InChI=1S/C18H36N4O11/c19-2-6-10(25)12(27)13(28)18(30-6)33-16-5(21)1-4(20)15(14(16)29)32-17-11(26)8(22)9(24)7(3-23)31-17/h4-18,23-29H,1-3,19-22H2/t4-,5+,6-,7?,8+,9+,10+,11?,12?,13?,14?,15-,16?,17+,18+/m1/s1. The Balaban J connectivity index is 1.72. The first-order chi connectivity index (χ1) is 15.5. The summed E-state index contributed by atoms with van der Waals surface area (Å²) in [4.78, 5) is 0. The van der Waals surface area contributed by atoms with Crippen LogP contribution in [0.1, 0.15) is 6.42 Å². The van der Waals surface area contributed by atoms with E-state index in [1.807, 2.05) is 0 Å². The zero-order valence-electron chi connectivity index (χ0n) is 17.9. The second kappa shape index (κ2) is 11.0. The monoisotopic (exact) mass is 484 g/mol. The van der Waals surface area contributed by atoms with Crippen LogP contribution in [0.15, 0.2) is 0 Å². The van der Waals surface area contributed by atoms with E-state index in [9.17, 15) is 35.7 Å². The summed E-state index contributed by atoms with van der Waals surface area (Å²) in [6.07, 6.45) is -16.5. The molecular formula is C18H36N4O11. The summed E-state index contributed by atoms with van der Waals surface area (Å²) < 4.78 is 22.2. The summed E-state index contributed by atoms with van der Waals surface area (Å²) in [6.45, 7) is -0.763. The van der Waals surface area contributed by atoms with E-state index in [1.54, 1.807) is 0 Å². The van der Waals surface area contributed by atoms with Gasteiger partial charge in [-0.3, -0.25) is 0 Å². The van der Waals surface area contributed by atoms with Crippen LogP contribution in [0, 0.1) is 0 Å². The average molecular weight is 485 g/mol. The van der Waals surface area contributed by atoms with Crippen molar-refractivity contribution in [1.29, 1.82) is 0 Å². The van der Waals surface area contributed by atoms with Gasteiger partial charge in [0, 0.05) is 18.6 Å². The molecule has 0 spiro atoms. The number of rotatable bonds is 6. The lowest BCUT2D eigenvalue weighted by atomic mass is 9.84. The first kappa shape index (κ1) is 27.0. The van der Waals surface area contributed by atoms with Gasteiger partial charge in [0.05, 0.1) is 12.6 Å². The highest BCUT2D eigenvalue weighted by molar-refractivity contribution is 5.01. The van der Waals surface area contributed by atoms with Gasteiger partial charge >= 0.3 is 0 Å². The van der Waals surface area contributed by atoms with Gasteiger partial charge in [-0.2, -0.15) is 0 Å². The molecule has 0 amide bonds. The summed E-state index contributed by atoms with van der Waals surface area (Å²) in [6, 6.07) is -2.86. The summed E-state index contributed by atoms with van der Waals surface area (Å²) in [5, 5.41) is 70.9. The average Bonchev–Trinajstić information content (AvgIpc) is 2.79. The van der Waals surface area contributed by atoms with Gasteiger partial charge in [-0.05, 0) is 6.42 Å². The van der Waals surface area contributed by atoms with Crippen LogP contribution in [0.2, 0.25) is 0 Å². The predicted molar refractivity (Wildman–Crippen MR) is 108 cm³/mol. The van der Waals surface area contributed by atoms with E-state index in [0.717, 1.165) is 0 Å². The number of hydrogen-bond acceptors (Lipinski definition) is 15. The molecule has 3 rings (SSSR count). The number of hydrogen-bond donors (Lipinski definition) is 11. The third-order valence-electron chi connectivity index (χ3n) is 6.48. The molecule has 6 unspecified atom stereocenters. The van der Waals surface area contributed by atoms with E-state index in [-0.39, 0.29) is 13.0 Å². The topological polar surface area (TPSA) is 283 Å². The lowest BCUT2D eigenvalue weighted by molar-refractivity contribution is -0.332. The van der Waals surface area contributed by atoms with Gasteiger partial charge in [0.25, 0.3) is 0 Å². The van der Waals surface area contributed by atoms with Crippen molar-refractivity contribution in [3.05, 3.63) is 0 Å². The molecule has 33 heavy (non-hydrogen) atoms. The fraction of sp³-hybridized carbons (Fsp3) is 1.00. The van der Waals surface area contributed by atoms with Crippen LogP contribution in [0.5, 0.6) is 0 Å². The van der Waals surface area contributed by atoms with Crippen molar-refractivity contribution in [3.63, 3.8) is 0 Å². The van der Waals surface area contributed by atoms with Crippen molar-refractivity contribution < 1.29 is 54.7 Å². The Labute approximate surface area is 189 Å². The van der Waals surface area contributed by atoms with E-state index in [4.69, 9.17) is 41.9 Å². The van der Waals surface area contributed by atoms with Crippen molar-refractivity contribution in [2.24, 2.45) is 22.9 Å². The smallest absolute Gasteiger partial charge is 0.187 e. The second-order valence-corrected chi connectivity index (χ2v) is 8.79. The number of nitrogens with two attached hydrogens (primary N) is 4. The first-order valence-electron chi connectivity index (χ1n) is 10.8. The highest BCUT2D eigenvalue weighted by atomic mass is 16.7. The van der Waals surface area contributed by atoms with Gasteiger partial charge < -0.3 is 77.6 Å². The minimum atomic E-state index is -1.66. The third kappa shape index (κ3) is 5.32. The molecule has 0 bridgehead atoms. The van der Waals surface area contributed by atoms with Crippen LogP contribution in [0.3, 0.4) is 0 Å². The molecule has 194 valence electrons. The fourth-order valence-electron chi connectivity index (χ4n) is 4.40. The highest BCUT2D eigenvalue weighted by Crippen LogP contribution is 2.31. The molecule has 1 aliphatic carbocycles. The SMILES string of the molecule is NC[C@H]1O[C@@H](OC2C(O)[C@H](O[C@@H]3OC(CO)[C@H](O)[C@H](N)C3O)[C@H](N)C[C@@H]2N)C(O)C(O)[C@H]1O. The van der Waals surface area contributed by atoms with E-state index in [2.05, 4.69) is 0 Å². The van der Waals surface area contributed by atoms with Gasteiger partial charge in [0.15, 0.2) is 12.6 Å². The zero-order valence-corrected chi connectivity index (χ0v) is 17.9. The maximum absolute atomic E-state index is 10.9. The summed E-state index contributed by atoms with van der Waals surface area (Å²) in [5.74, 6) is 0. The van der Waals surface area contributed by atoms with Crippen molar-refractivity contribution >= 4 is 0 Å². The zero-order chi connectivity index (χ0) is 24.6. The van der Waals surface area contributed by atoms with Crippen LogP contribution in [0.4, 0.5) is 0 Å². The van der Waals surface area contributed by atoms with Gasteiger partial charge in [-0.15, -0.1) is 0 Å². The minimum Gasteiger partial charge on any atom is -0.394 e. The molecule has 15 nitrogen and oxygen atoms in total. The molecule has 0 radical (unpaired) electrons. The Morgan fingerprint density at radius 2 is 1.18 bits per heavy atom. The van der Waals surface area contributed by atoms with Gasteiger partial charge in [-0.1, -0.05) is 0 Å². The Hall–Kier alpha value is -0.600. The molecule has 1 saturated carbocycles. The lowest BCUT2D eigenvalue weighted by Crippen LogP contribution is -2.68. The molecule has 15 heteroatoms. The van der Waals surface area contributed by atoms with Crippen LogP contribution in [0.25, 0.3) is 0 Å². The van der Waals surface area contributed by atoms with Crippen molar-refractivity contribution in [2.45, 2.75) is 98.2 Å². The Bertz CT molecular complexity index is 584. The third-order valence-corrected chi connectivity index (χ3v) is 6.48. The fourth-order valence-corrected chi connectivity index (χ4v) is 4.40. The van der Waals surface area contributed by atoms with Crippen molar-refractivity contribution in [3.8, 4) is 0 Å². The van der Waals surface area contributed by atoms with Crippen LogP contribution < -0.4 is 22.9 Å². The van der Waals surface area contributed by atoms with Crippen molar-refractivity contribution in [2.75, 3.05) is 13.2 Å². The lowest BCUT2D eigenvalue weighted by Gasteiger charge is -2.48. The van der Waals surface area contributed by atoms with Crippen LogP contribution >= 0.6 is 0 Å². The minimum absolute atomic E-state index is 0.0849. The Morgan fingerprint density at radius 3 is 1.70 bits per heavy atom. The second-order valence-electron chi connectivity index (χ2n) is 8.79. The van der Waals surface area contributed by atoms with E-state index in [1.165, 1.54) is 0 Å². The quantitative estimate of drug-likeness (QED) is 0.167. The number of aliphatic hydroxyl groups excluding tert-OH is 7. The molecule has 2 aliphatic heterocycles.